The van der Waals surface area contributed by atoms with Gasteiger partial charge < -0.3 is 15.2 Å². The van der Waals surface area contributed by atoms with Crippen LogP contribution in [0.4, 0.5) is 5.69 Å². The number of nitrogens with zero attached hydrogens (tertiary/aromatic N) is 1. The van der Waals surface area contributed by atoms with Crippen LogP contribution in [0, 0.1) is 0 Å². The van der Waals surface area contributed by atoms with Gasteiger partial charge in [-0.1, -0.05) is 0 Å². The summed E-state index contributed by atoms with van der Waals surface area (Å²) >= 11 is 0. The van der Waals surface area contributed by atoms with Gasteiger partial charge in [-0.2, -0.15) is 0 Å². The highest BCUT2D eigenvalue weighted by Gasteiger charge is 2.14. The summed E-state index contributed by atoms with van der Waals surface area (Å²) in [6.07, 6.45) is 3.66. The van der Waals surface area contributed by atoms with E-state index in [-0.39, 0.29) is 6.10 Å². The second kappa shape index (κ2) is 5.45. The van der Waals surface area contributed by atoms with Crippen LogP contribution >= 0.6 is 0 Å². The average Bonchev–Trinajstić information content (AvgIpc) is 2.46. The topological polar surface area (TPSA) is 57.4 Å². The van der Waals surface area contributed by atoms with Gasteiger partial charge in [0.25, 0.3) is 0 Å². The first-order valence-electron chi connectivity index (χ1n) is 6.72. The lowest BCUT2D eigenvalue weighted by atomic mass is 10.1. The third-order valence-corrected chi connectivity index (χ3v) is 3.38. The van der Waals surface area contributed by atoms with E-state index in [2.05, 4.69) is 4.98 Å². The Hall–Kier alpha value is -1.81. The van der Waals surface area contributed by atoms with Crippen LogP contribution in [0.1, 0.15) is 19.3 Å². The maximum Gasteiger partial charge on any atom is 0.213 e. The highest BCUT2D eigenvalue weighted by atomic mass is 16.5. The molecule has 1 atom stereocenters. The zero-order valence-corrected chi connectivity index (χ0v) is 10.8. The van der Waals surface area contributed by atoms with Crippen molar-refractivity contribution >= 4 is 16.6 Å². The Bertz CT molecular complexity index is 565. The number of hydrogen-bond acceptors (Lipinski definition) is 4. The predicted molar refractivity (Wildman–Crippen MR) is 75.2 cm³/mol. The molecule has 1 fully saturated rings. The van der Waals surface area contributed by atoms with Gasteiger partial charge in [0, 0.05) is 23.7 Å². The largest absolute Gasteiger partial charge is 0.475 e. The molecule has 100 valence electrons. The van der Waals surface area contributed by atoms with Gasteiger partial charge in [-0.3, -0.25) is 0 Å². The van der Waals surface area contributed by atoms with Crippen molar-refractivity contribution in [2.75, 3.05) is 18.9 Å². The van der Waals surface area contributed by atoms with E-state index in [1.165, 1.54) is 6.42 Å². The molecule has 0 saturated carbocycles. The second-order valence-corrected chi connectivity index (χ2v) is 4.90. The summed E-state index contributed by atoms with van der Waals surface area (Å²) in [7, 11) is 0. The molecule has 2 aromatic rings. The summed E-state index contributed by atoms with van der Waals surface area (Å²) in [4.78, 5) is 4.47. The minimum absolute atomic E-state index is 0.206. The molecule has 1 aliphatic heterocycles. The third-order valence-electron chi connectivity index (χ3n) is 3.38. The van der Waals surface area contributed by atoms with Crippen LogP contribution in [0.25, 0.3) is 10.9 Å². The van der Waals surface area contributed by atoms with Crippen LogP contribution < -0.4 is 10.5 Å². The maximum atomic E-state index is 5.74. The molecule has 0 spiro atoms. The van der Waals surface area contributed by atoms with E-state index in [1.807, 2.05) is 30.3 Å². The van der Waals surface area contributed by atoms with Crippen LogP contribution in [-0.2, 0) is 4.74 Å². The van der Waals surface area contributed by atoms with E-state index in [0.29, 0.717) is 12.5 Å². The van der Waals surface area contributed by atoms with E-state index in [9.17, 15) is 0 Å². The molecule has 0 bridgehead atoms. The van der Waals surface area contributed by atoms with Crippen molar-refractivity contribution in [1.29, 1.82) is 0 Å². The fraction of sp³-hybridized carbons (Fsp3) is 0.400. The molecule has 0 amide bonds. The van der Waals surface area contributed by atoms with Crippen molar-refractivity contribution < 1.29 is 9.47 Å². The Morgan fingerprint density at radius 2 is 2.21 bits per heavy atom. The molecule has 2 heterocycles. The monoisotopic (exact) mass is 258 g/mol. The summed E-state index contributed by atoms with van der Waals surface area (Å²) < 4.78 is 11.4. The van der Waals surface area contributed by atoms with Crippen LogP contribution in [0.3, 0.4) is 0 Å². The van der Waals surface area contributed by atoms with E-state index < -0.39 is 0 Å². The van der Waals surface area contributed by atoms with Crippen LogP contribution in [-0.4, -0.2) is 24.3 Å². The van der Waals surface area contributed by atoms with Gasteiger partial charge in [0.1, 0.15) is 6.61 Å². The molecule has 2 N–H and O–H groups in total. The predicted octanol–water partition coefficient (Wildman–Crippen LogP) is 2.76. The first kappa shape index (κ1) is 12.2. The highest BCUT2D eigenvalue weighted by molar-refractivity contribution is 5.82. The lowest BCUT2D eigenvalue weighted by molar-refractivity contribution is -0.0118. The molecule has 3 rings (SSSR count). The normalized spacial score (nSPS) is 19.5. The quantitative estimate of drug-likeness (QED) is 0.860. The Morgan fingerprint density at radius 1 is 1.26 bits per heavy atom. The van der Waals surface area contributed by atoms with Gasteiger partial charge in [-0.05, 0) is 43.5 Å². The van der Waals surface area contributed by atoms with Crippen molar-refractivity contribution in [1.82, 2.24) is 4.98 Å². The van der Waals surface area contributed by atoms with Gasteiger partial charge in [-0.25, -0.2) is 4.98 Å². The molecular weight excluding hydrogens is 240 g/mol. The van der Waals surface area contributed by atoms with E-state index in [0.717, 1.165) is 36.0 Å². The number of ether oxygens (including phenoxy) is 2. The smallest absolute Gasteiger partial charge is 0.213 e. The van der Waals surface area contributed by atoms with Crippen LogP contribution in [0.5, 0.6) is 5.88 Å². The van der Waals surface area contributed by atoms with Crippen molar-refractivity contribution in [3.63, 3.8) is 0 Å². The minimum atomic E-state index is 0.206. The maximum absolute atomic E-state index is 5.74. The first-order chi connectivity index (χ1) is 9.31. The van der Waals surface area contributed by atoms with Crippen molar-refractivity contribution in [3.05, 3.63) is 30.3 Å². The number of aromatic nitrogens is 1. The Kier molecular flexibility index (Phi) is 3.51. The third kappa shape index (κ3) is 2.96. The summed E-state index contributed by atoms with van der Waals surface area (Å²) in [5.41, 5.74) is 7.39. The van der Waals surface area contributed by atoms with Crippen LogP contribution in [0.2, 0.25) is 0 Å². The molecule has 4 nitrogen and oxygen atoms in total. The van der Waals surface area contributed by atoms with E-state index >= 15 is 0 Å². The molecule has 4 heteroatoms. The van der Waals surface area contributed by atoms with E-state index in [4.69, 9.17) is 15.2 Å². The number of nitrogens with two attached hydrogens (primary N) is 1. The van der Waals surface area contributed by atoms with Gasteiger partial charge in [0.15, 0.2) is 0 Å². The molecule has 19 heavy (non-hydrogen) atoms. The molecule has 0 radical (unpaired) electrons. The van der Waals surface area contributed by atoms with Gasteiger partial charge >= 0.3 is 0 Å². The number of anilines is 1. The Morgan fingerprint density at radius 3 is 3.05 bits per heavy atom. The Labute approximate surface area is 112 Å². The number of nitrogen functional groups attached to an aromatic ring is 1. The van der Waals surface area contributed by atoms with Gasteiger partial charge in [0.05, 0.1) is 11.6 Å². The lowest BCUT2D eigenvalue weighted by Gasteiger charge is -2.22. The van der Waals surface area contributed by atoms with Crippen molar-refractivity contribution in [2.45, 2.75) is 25.4 Å². The zero-order valence-electron chi connectivity index (χ0n) is 10.8. The number of benzene rings is 1. The second-order valence-electron chi connectivity index (χ2n) is 4.90. The molecule has 1 saturated heterocycles. The molecule has 1 aromatic heterocycles. The highest BCUT2D eigenvalue weighted by Crippen LogP contribution is 2.20. The lowest BCUT2D eigenvalue weighted by Crippen LogP contribution is -2.25. The molecule has 1 aromatic carbocycles. The van der Waals surface area contributed by atoms with Crippen LogP contribution in [0.15, 0.2) is 30.3 Å². The molecule has 1 unspecified atom stereocenters. The Balaban J connectivity index is 1.69. The summed E-state index contributed by atoms with van der Waals surface area (Å²) in [5, 5.41) is 1.03. The summed E-state index contributed by atoms with van der Waals surface area (Å²) in [5.74, 6) is 0.645. The summed E-state index contributed by atoms with van der Waals surface area (Å²) in [6.45, 7) is 1.42. The molecular formula is C15H18N2O2. The van der Waals surface area contributed by atoms with Gasteiger partial charge in [-0.15, -0.1) is 0 Å². The SMILES string of the molecule is Nc1ccc2nc(OCC3CCCCO3)ccc2c1. The number of rotatable bonds is 3. The first-order valence-corrected chi connectivity index (χ1v) is 6.72. The fourth-order valence-corrected chi connectivity index (χ4v) is 2.32. The standard InChI is InChI=1S/C15H18N2O2/c16-12-5-6-14-11(9-12)4-7-15(17-14)19-10-13-3-1-2-8-18-13/h4-7,9,13H,1-3,8,10,16H2. The average molecular weight is 258 g/mol. The number of hydrogen-bond donors (Lipinski definition) is 1. The van der Waals surface area contributed by atoms with Crippen molar-refractivity contribution in [2.24, 2.45) is 0 Å². The number of fused-ring (bicyclic) bond motifs is 1. The summed E-state index contributed by atoms with van der Waals surface area (Å²) in [6, 6.07) is 9.54. The molecule has 0 aliphatic carbocycles. The minimum Gasteiger partial charge on any atom is -0.475 e. The molecule has 1 aliphatic rings. The van der Waals surface area contributed by atoms with E-state index in [1.54, 1.807) is 0 Å². The van der Waals surface area contributed by atoms with Gasteiger partial charge in [0.2, 0.25) is 5.88 Å². The number of pyridine rings is 1. The van der Waals surface area contributed by atoms with Crippen molar-refractivity contribution in [3.8, 4) is 5.88 Å². The fourth-order valence-electron chi connectivity index (χ4n) is 2.32. The zero-order chi connectivity index (χ0) is 13.1.